The van der Waals surface area contributed by atoms with Gasteiger partial charge in [-0.25, -0.2) is 0 Å². The highest BCUT2D eigenvalue weighted by Gasteiger charge is 2.41. The first-order valence-electron chi connectivity index (χ1n) is 19.3. The Kier molecular flexibility index (Phi) is 6.66. The molecule has 11 rings (SSSR count). The summed E-state index contributed by atoms with van der Waals surface area (Å²) in [6.07, 6.45) is 0. The molecular formula is C52H40Si2. The lowest BCUT2D eigenvalue weighted by Crippen LogP contribution is -2.50. The largest absolute Gasteiger partial charge is 0.114 e. The molecule has 2 heterocycles. The van der Waals surface area contributed by atoms with Crippen LogP contribution in [0.2, 0.25) is 26.2 Å². The van der Waals surface area contributed by atoms with Crippen LogP contribution in [-0.4, -0.2) is 16.1 Å². The van der Waals surface area contributed by atoms with Gasteiger partial charge in [0.15, 0.2) is 0 Å². The molecule has 54 heavy (non-hydrogen) atoms. The van der Waals surface area contributed by atoms with Crippen molar-refractivity contribution in [2.75, 3.05) is 0 Å². The highest BCUT2D eigenvalue weighted by Crippen LogP contribution is 2.46. The zero-order valence-corrected chi connectivity index (χ0v) is 33.2. The van der Waals surface area contributed by atoms with Crippen LogP contribution in [0.3, 0.4) is 0 Å². The topological polar surface area (TPSA) is 0 Å². The maximum absolute atomic E-state index is 2.55. The fourth-order valence-corrected chi connectivity index (χ4v) is 17.4. The molecule has 0 saturated carbocycles. The van der Waals surface area contributed by atoms with E-state index in [0.717, 1.165) is 0 Å². The first-order chi connectivity index (χ1) is 26.3. The van der Waals surface area contributed by atoms with E-state index in [-0.39, 0.29) is 0 Å². The minimum Gasteiger partial charge on any atom is -0.0623 e. The molecule has 0 spiro atoms. The molecule has 0 atom stereocenters. The highest BCUT2D eigenvalue weighted by atomic mass is 28.3. The number of rotatable bonds is 3. The molecule has 0 radical (unpaired) electrons. The van der Waals surface area contributed by atoms with Crippen molar-refractivity contribution in [3.05, 3.63) is 170 Å². The molecular weight excluding hydrogens is 681 g/mol. The Morgan fingerprint density at radius 2 is 0.630 bits per heavy atom. The summed E-state index contributed by atoms with van der Waals surface area (Å²) in [6.45, 7) is 10.2. The van der Waals surface area contributed by atoms with Crippen LogP contribution in [0.25, 0.3) is 88.0 Å². The van der Waals surface area contributed by atoms with Gasteiger partial charge < -0.3 is 0 Å². The van der Waals surface area contributed by atoms with Crippen molar-refractivity contribution in [1.29, 1.82) is 0 Å². The first-order valence-corrected chi connectivity index (χ1v) is 25.3. The molecule has 9 aromatic rings. The number of fused-ring (bicyclic) bond motifs is 9. The van der Waals surface area contributed by atoms with Crippen LogP contribution in [0.1, 0.15) is 0 Å². The van der Waals surface area contributed by atoms with E-state index in [1.165, 1.54) is 88.0 Å². The van der Waals surface area contributed by atoms with Crippen molar-refractivity contribution >= 4 is 69.2 Å². The lowest BCUT2D eigenvalue weighted by Gasteiger charge is -2.25. The molecule has 2 aliphatic heterocycles. The van der Waals surface area contributed by atoms with E-state index in [2.05, 4.69) is 196 Å². The molecule has 0 amide bonds. The quantitative estimate of drug-likeness (QED) is 0.126. The molecule has 0 N–H and O–H groups in total. The van der Waals surface area contributed by atoms with Gasteiger partial charge in [0.1, 0.15) is 16.1 Å². The van der Waals surface area contributed by atoms with Gasteiger partial charge in [-0.3, -0.25) is 0 Å². The Morgan fingerprint density at radius 3 is 1.19 bits per heavy atom. The Labute approximate surface area is 319 Å². The van der Waals surface area contributed by atoms with E-state index < -0.39 is 16.1 Å². The maximum Gasteiger partial charge on any atom is 0.114 e. The molecule has 0 saturated heterocycles. The van der Waals surface area contributed by atoms with Crippen LogP contribution in [0.4, 0.5) is 0 Å². The first kappa shape index (κ1) is 31.7. The number of hydrogen-bond acceptors (Lipinski definition) is 0. The van der Waals surface area contributed by atoms with Crippen LogP contribution in [0.5, 0.6) is 0 Å². The van der Waals surface area contributed by atoms with Gasteiger partial charge in [0.05, 0.1) is 0 Å². The highest BCUT2D eigenvalue weighted by molar-refractivity contribution is 7.05. The number of hydrogen-bond donors (Lipinski definition) is 0. The standard InChI is InChI=1S/C52H40Si2/c1-53(2)48-30-9-7-19-37(48)44-28-14-26-42(51(44)53)35-21-12-24-40-46(35)32-47-36(43-27-15-29-45-38-20-8-10-31-49(38)54(3,4)52(43)45)22-13-25-41(47)50(40)39-23-11-17-33-16-5-6-18-34(33)39/h5-32H,1-4H3. The van der Waals surface area contributed by atoms with Gasteiger partial charge in [0.25, 0.3) is 0 Å². The zero-order chi connectivity index (χ0) is 36.3. The van der Waals surface area contributed by atoms with E-state index in [9.17, 15) is 0 Å². The molecule has 256 valence electrons. The summed E-state index contributed by atoms with van der Waals surface area (Å²) in [5.74, 6) is 0. The predicted octanol–water partition coefficient (Wildman–Crippen LogP) is 11.8. The van der Waals surface area contributed by atoms with E-state index in [4.69, 9.17) is 0 Å². The number of benzene rings is 9. The summed E-state index contributed by atoms with van der Waals surface area (Å²) in [5, 5.41) is 14.0. The summed E-state index contributed by atoms with van der Waals surface area (Å²) < 4.78 is 0. The van der Waals surface area contributed by atoms with Crippen LogP contribution in [-0.2, 0) is 0 Å². The fraction of sp³-hybridized carbons (Fsp3) is 0.0769. The molecule has 0 unspecified atom stereocenters. The fourth-order valence-electron chi connectivity index (χ4n) is 10.5. The van der Waals surface area contributed by atoms with Gasteiger partial charge in [-0.05, 0) is 115 Å². The summed E-state index contributed by atoms with van der Waals surface area (Å²) in [4.78, 5) is 0. The summed E-state index contributed by atoms with van der Waals surface area (Å²) in [6, 6.07) is 64.8. The Balaban J connectivity index is 1.28. The third-order valence-electron chi connectivity index (χ3n) is 12.8. The van der Waals surface area contributed by atoms with Crippen LogP contribution in [0, 0.1) is 0 Å². The van der Waals surface area contributed by atoms with Gasteiger partial charge in [0, 0.05) is 0 Å². The maximum atomic E-state index is 2.55. The minimum absolute atomic E-state index is 1.27. The Hall–Kier alpha value is -5.81. The lowest BCUT2D eigenvalue weighted by atomic mass is 9.84. The molecule has 0 fully saturated rings. The van der Waals surface area contributed by atoms with Gasteiger partial charge in [-0.2, -0.15) is 0 Å². The van der Waals surface area contributed by atoms with Gasteiger partial charge in [-0.15, -0.1) is 0 Å². The van der Waals surface area contributed by atoms with Crippen molar-refractivity contribution < 1.29 is 0 Å². The summed E-state index contributed by atoms with van der Waals surface area (Å²) >= 11 is 0. The van der Waals surface area contributed by atoms with E-state index in [1.54, 1.807) is 20.7 Å². The van der Waals surface area contributed by atoms with Crippen LogP contribution in [0.15, 0.2) is 170 Å². The summed E-state index contributed by atoms with van der Waals surface area (Å²) in [7, 11) is -3.96. The molecule has 9 aromatic carbocycles. The monoisotopic (exact) mass is 720 g/mol. The normalized spacial score (nSPS) is 14.6. The van der Waals surface area contributed by atoms with Gasteiger partial charge in [0.2, 0.25) is 0 Å². The van der Waals surface area contributed by atoms with Crippen molar-refractivity contribution in [1.82, 2.24) is 0 Å². The average molecular weight is 721 g/mol. The molecule has 2 aliphatic rings. The molecule has 0 nitrogen and oxygen atoms in total. The molecule has 2 heteroatoms. The second kappa shape index (κ2) is 11.4. The summed E-state index contributed by atoms with van der Waals surface area (Å²) in [5.41, 5.74) is 13.7. The SMILES string of the molecule is C[Si]1(C)c2ccccc2-c2cccc(-c3cccc4c(-c5cccc6ccccc56)c5cccc(-c6cccc7c6[Si](C)(C)c6ccccc6-7)c5cc34)c21. The van der Waals surface area contributed by atoms with Crippen LogP contribution >= 0.6 is 0 Å². The predicted molar refractivity (Wildman–Crippen MR) is 240 cm³/mol. The Morgan fingerprint density at radius 1 is 0.278 bits per heavy atom. The minimum atomic E-state index is -1.98. The molecule has 0 aliphatic carbocycles. The van der Waals surface area contributed by atoms with E-state index in [1.807, 2.05) is 0 Å². The third-order valence-corrected chi connectivity index (χ3v) is 20.0. The van der Waals surface area contributed by atoms with E-state index >= 15 is 0 Å². The average Bonchev–Trinajstić information content (AvgIpc) is 3.59. The third kappa shape index (κ3) is 4.24. The van der Waals surface area contributed by atoms with E-state index in [0.29, 0.717) is 0 Å². The van der Waals surface area contributed by atoms with Gasteiger partial charge in [-0.1, -0.05) is 190 Å². The second-order valence-corrected chi connectivity index (χ2v) is 25.0. The van der Waals surface area contributed by atoms with Crippen molar-refractivity contribution in [2.45, 2.75) is 26.2 Å². The van der Waals surface area contributed by atoms with Crippen molar-refractivity contribution in [3.8, 4) is 55.6 Å². The van der Waals surface area contributed by atoms with Gasteiger partial charge >= 0.3 is 0 Å². The smallest absolute Gasteiger partial charge is 0.0623 e. The Bertz CT molecular complexity index is 2880. The molecule has 0 bridgehead atoms. The zero-order valence-electron chi connectivity index (χ0n) is 31.2. The van der Waals surface area contributed by atoms with Crippen LogP contribution < -0.4 is 20.7 Å². The van der Waals surface area contributed by atoms with Crippen molar-refractivity contribution in [2.24, 2.45) is 0 Å². The van der Waals surface area contributed by atoms with Crippen molar-refractivity contribution in [3.63, 3.8) is 0 Å². The lowest BCUT2D eigenvalue weighted by molar-refractivity contribution is 1.65. The molecule has 0 aromatic heterocycles. The second-order valence-electron chi connectivity index (χ2n) is 16.4.